The summed E-state index contributed by atoms with van der Waals surface area (Å²) >= 11 is 0. The first kappa shape index (κ1) is 10.9. The van der Waals surface area contributed by atoms with Gasteiger partial charge in [-0.15, -0.1) is 0 Å². The molecule has 1 aromatic rings. The fourth-order valence-electron chi connectivity index (χ4n) is 1.22. The van der Waals surface area contributed by atoms with E-state index in [0.717, 1.165) is 5.56 Å². The van der Waals surface area contributed by atoms with Crippen LogP contribution in [0.5, 0.6) is 0 Å². The zero-order valence-electron chi connectivity index (χ0n) is 8.38. The van der Waals surface area contributed by atoms with Gasteiger partial charge < -0.3 is 5.73 Å². The number of Topliss-reactive ketones (excluding diaryl/α,β-unsaturated/α-hetero) is 1. The van der Waals surface area contributed by atoms with Crippen LogP contribution in [0.4, 0.5) is 4.39 Å². The van der Waals surface area contributed by atoms with Gasteiger partial charge in [-0.05, 0) is 29.7 Å². The Morgan fingerprint density at radius 1 is 1.43 bits per heavy atom. The minimum absolute atomic E-state index is 0.0824. The lowest BCUT2D eigenvalue weighted by atomic mass is 9.99. The van der Waals surface area contributed by atoms with E-state index in [-0.39, 0.29) is 24.1 Å². The molecule has 2 nitrogen and oxygen atoms in total. The highest BCUT2D eigenvalue weighted by Crippen LogP contribution is 2.17. The minimum atomic E-state index is -0.381. The van der Waals surface area contributed by atoms with Crippen LogP contribution in [0.15, 0.2) is 18.2 Å². The first-order valence-corrected chi connectivity index (χ1v) is 4.58. The van der Waals surface area contributed by atoms with Crippen LogP contribution < -0.4 is 5.73 Å². The van der Waals surface area contributed by atoms with E-state index in [1.807, 2.05) is 13.8 Å². The summed E-state index contributed by atoms with van der Waals surface area (Å²) in [6, 6.07) is 4.36. The number of halogens is 1. The Hall–Kier alpha value is -1.22. The molecule has 0 saturated carbocycles. The summed E-state index contributed by atoms with van der Waals surface area (Å²) in [5.74, 6) is -0.408. The molecule has 0 aromatic heterocycles. The number of carbonyl (C=O) groups excluding carboxylic acids is 1. The van der Waals surface area contributed by atoms with Crippen molar-refractivity contribution in [3.05, 3.63) is 35.1 Å². The van der Waals surface area contributed by atoms with E-state index in [2.05, 4.69) is 0 Å². The lowest BCUT2D eigenvalue weighted by Gasteiger charge is -2.07. The normalized spacial score (nSPS) is 10.6. The van der Waals surface area contributed by atoms with Crippen molar-refractivity contribution in [3.8, 4) is 0 Å². The van der Waals surface area contributed by atoms with E-state index in [1.54, 1.807) is 6.07 Å². The molecule has 1 rings (SSSR count). The molecule has 0 bridgehead atoms. The number of nitrogens with two attached hydrogens (primary N) is 1. The van der Waals surface area contributed by atoms with Crippen LogP contribution in [0.3, 0.4) is 0 Å². The van der Waals surface area contributed by atoms with Gasteiger partial charge in [0, 0.05) is 5.56 Å². The Bertz CT molecular complexity index is 347. The van der Waals surface area contributed by atoms with Gasteiger partial charge in [0.1, 0.15) is 5.82 Å². The molecule has 0 heterocycles. The second-order valence-corrected chi connectivity index (χ2v) is 3.56. The summed E-state index contributed by atoms with van der Waals surface area (Å²) in [5.41, 5.74) is 6.39. The third-order valence-corrected chi connectivity index (χ3v) is 2.09. The second-order valence-electron chi connectivity index (χ2n) is 3.56. The number of benzene rings is 1. The summed E-state index contributed by atoms with van der Waals surface area (Å²) < 4.78 is 13.1. The number of hydrogen-bond acceptors (Lipinski definition) is 2. The van der Waals surface area contributed by atoms with Gasteiger partial charge in [-0.25, -0.2) is 4.39 Å². The molecule has 0 unspecified atom stereocenters. The van der Waals surface area contributed by atoms with Crippen LogP contribution in [0.25, 0.3) is 0 Å². The standard InChI is InChI=1S/C11H14FNO/c1-7(2)8-3-9(11(14)6-13)5-10(12)4-8/h3-5,7H,6,13H2,1-2H3. The Kier molecular flexibility index (Phi) is 3.36. The molecule has 1 aromatic carbocycles. The van der Waals surface area contributed by atoms with Gasteiger partial charge in [0.2, 0.25) is 0 Å². The van der Waals surface area contributed by atoms with Gasteiger partial charge in [-0.1, -0.05) is 13.8 Å². The van der Waals surface area contributed by atoms with E-state index in [0.29, 0.717) is 5.56 Å². The van der Waals surface area contributed by atoms with Crippen molar-refractivity contribution >= 4 is 5.78 Å². The first-order valence-electron chi connectivity index (χ1n) is 4.58. The quantitative estimate of drug-likeness (QED) is 0.750. The Morgan fingerprint density at radius 2 is 2.07 bits per heavy atom. The molecule has 0 fully saturated rings. The Labute approximate surface area is 82.9 Å². The predicted octanol–water partition coefficient (Wildman–Crippen LogP) is 2.09. The second kappa shape index (κ2) is 4.33. The SMILES string of the molecule is CC(C)c1cc(F)cc(C(=O)CN)c1. The van der Waals surface area contributed by atoms with Crippen molar-refractivity contribution in [1.82, 2.24) is 0 Å². The summed E-state index contributed by atoms with van der Waals surface area (Å²) in [4.78, 5) is 11.2. The van der Waals surface area contributed by atoms with E-state index in [9.17, 15) is 9.18 Å². The fourth-order valence-corrected chi connectivity index (χ4v) is 1.22. The van der Waals surface area contributed by atoms with Crippen LogP contribution in [0.2, 0.25) is 0 Å². The molecule has 0 aliphatic rings. The van der Waals surface area contributed by atoms with Gasteiger partial charge >= 0.3 is 0 Å². The van der Waals surface area contributed by atoms with Gasteiger partial charge in [-0.3, -0.25) is 4.79 Å². The maximum absolute atomic E-state index is 13.1. The predicted molar refractivity (Wildman–Crippen MR) is 53.9 cm³/mol. The van der Waals surface area contributed by atoms with Crippen LogP contribution in [0.1, 0.15) is 35.7 Å². The molecule has 0 saturated heterocycles. The zero-order chi connectivity index (χ0) is 10.7. The third-order valence-electron chi connectivity index (χ3n) is 2.09. The number of carbonyl (C=O) groups is 1. The molecule has 76 valence electrons. The van der Waals surface area contributed by atoms with Crippen molar-refractivity contribution in [2.24, 2.45) is 5.73 Å². The van der Waals surface area contributed by atoms with Gasteiger partial charge in [0.05, 0.1) is 6.54 Å². The van der Waals surface area contributed by atoms with E-state index in [1.165, 1.54) is 12.1 Å². The largest absolute Gasteiger partial charge is 0.324 e. The molecule has 0 aliphatic heterocycles. The maximum Gasteiger partial charge on any atom is 0.176 e. The topological polar surface area (TPSA) is 43.1 Å². The molecule has 3 heteroatoms. The number of hydrogen-bond donors (Lipinski definition) is 1. The zero-order valence-corrected chi connectivity index (χ0v) is 8.38. The molecular weight excluding hydrogens is 181 g/mol. The van der Waals surface area contributed by atoms with E-state index < -0.39 is 0 Å². The Balaban J connectivity index is 3.13. The highest BCUT2D eigenvalue weighted by molar-refractivity contribution is 5.97. The molecule has 0 spiro atoms. The van der Waals surface area contributed by atoms with Gasteiger partial charge in [0.15, 0.2) is 5.78 Å². The number of rotatable bonds is 3. The summed E-state index contributed by atoms with van der Waals surface area (Å²) in [7, 11) is 0. The lowest BCUT2D eigenvalue weighted by molar-refractivity contribution is 0.100. The fraction of sp³-hybridized carbons (Fsp3) is 0.364. The van der Waals surface area contributed by atoms with Crippen molar-refractivity contribution in [2.45, 2.75) is 19.8 Å². The van der Waals surface area contributed by atoms with E-state index >= 15 is 0 Å². The monoisotopic (exact) mass is 195 g/mol. The molecule has 0 amide bonds. The minimum Gasteiger partial charge on any atom is -0.324 e. The van der Waals surface area contributed by atoms with Gasteiger partial charge in [-0.2, -0.15) is 0 Å². The Morgan fingerprint density at radius 3 is 2.57 bits per heavy atom. The van der Waals surface area contributed by atoms with Gasteiger partial charge in [0.25, 0.3) is 0 Å². The molecule has 0 radical (unpaired) electrons. The lowest BCUT2D eigenvalue weighted by Crippen LogP contribution is -2.14. The first-order chi connectivity index (χ1) is 6.54. The van der Waals surface area contributed by atoms with Crippen molar-refractivity contribution in [3.63, 3.8) is 0 Å². The van der Waals surface area contributed by atoms with Crippen LogP contribution in [-0.4, -0.2) is 12.3 Å². The third kappa shape index (κ3) is 2.39. The van der Waals surface area contributed by atoms with Crippen molar-refractivity contribution in [1.29, 1.82) is 0 Å². The molecule has 14 heavy (non-hydrogen) atoms. The smallest absolute Gasteiger partial charge is 0.176 e. The van der Waals surface area contributed by atoms with Crippen LogP contribution in [-0.2, 0) is 0 Å². The summed E-state index contributed by atoms with van der Waals surface area (Å²) in [5, 5.41) is 0. The van der Waals surface area contributed by atoms with Crippen molar-refractivity contribution < 1.29 is 9.18 Å². The molecule has 0 aliphatic carbocycles. The average Bonchev–Trinajstić information content (AvgIpc) is 2.15. The maximum atomic E-state index is 13.1. The van der Waals surface area contributed by atoms with Crippen LogP contribution >= 0.6 is 0 Å². The molecule has 2 N–H and O–H groups in total. The van der Waals surface area contributed by atoms with E-state index in [4.69, 9.17) is 5.73 Å². The number of ketones is 1. The summed E-state index contributed by atoms with van der Waals surface area (Å²) in [6.45, 7) is 3.82. The highest BCUT2D eigenvalue weighted by Gasteiger charge is 2.08. The average molecular weight is 195 g/mol. The molecule has 0 atom stereocenters. The summed E-state index contributed by atoms with van der Waals surface area (Å²) in [6.07, 6.45) is 0. The highest BCUT2D eigenvalue weighted by atomic mass is 19.1. The van der Waals surface area contributed by atoms with Crippen molar-refractivity contribution in [2.75, 3.05) is 6.54 Å². The van der Waals surface area contributed by atoms with Crippen LogP contribution in [0, 0.1) is 5.82 Å². The molecular formula is C11H14FNO.